The minimum absolute atomic E-state index is 0.858. The number of nitrogen functional groups attached to an aromatic ring is 1. The van der Waals surface area contributed by atoms with Gasteiger partial charge in [0, 0.05) is 25.0 Å². The summed E-state index contributed by atoms with van der Waals surface area (Å²) in [7, 11) is 2.11. The van der Waals surface area contributed by atoms with Gasteiger partial charge in [-0.1, -0.05) is 29.8 Å². The maximum absolute atomic E-state index is 5.83. The molecule has 18 heavy (non-hydrogen) atoms. The first-order valence-electron chi connectivity index (χ1n) is 6.19. The molecular formula is C16H20N2. The fraction of sp³-hybridized carbons (Fsp3) is 0.250. The highest BCUT2D eigenvalue weighted by Crippen LogP contribution is 2.18. The summed E-state index contributed by atoms with van der Waals surface area (Å²) >= 11 is 0. The normalized spacial score (nSPS) is 10.4. The third-order valence-corrected chi connectivity index (χ3v) is 3.23. The Kier molecular flexibility index (Phi) is 3.56. The van der Waals surface area contributed by atoms with Crippen LogP contribution >= 0.6 is 0 Å². The Labute approximate surface area is 109 Å². The quantitative estimate of drug-likeness (QED) is 0.832. The van der Waals surface area contributed by atoms with E-state index in [9.17, 15) is 0 Å². The topological polar surface area (TPSA) is 29.3 Å². The molecule has 2 nitrogen and oxygen atoms in total. The van der Waals surface area contributed by atoms with Gasteiger partial charge in [0.1, 0.15) is 0 Å². The van der Waals surface area contributed by atoms with Crippen molar-refractivity contribution >= 4 is 11.4 Å². The number of hydrogen-bond donors (Lipinski definition) is 1. The summed E-state index contributed by atoms with van der Waals surface area (Å²) in [5.74, 6) is 0. The van der Waals surface area contributed by atoms with Crippen LogP contribution in [-0.2, 0) is 6.54 Å². The second-order valence-corrected chi connectivity index (χ2v) is 4.88. The van der Waals surface area contributed by atoms with Crippen LogP contribution in [0.15, 0.2) is 42.5 Å². The summed E-state index contributed by atoms with van der Waals surface area (Å²) < 4.78 is 0. The molecule has 0 amide bonds. The Morgan fingerprint density at radius 1 is 1.00 bits per heavy atom. The van der Waals surface area contributed by atoms with E-state index in [1.54, 1.807) is 0 Å². The molecule has 0 aliphatic carbocycles. The van der Waals surface area contributed by atoms with Crippen LogP contribution in [0.4, 0.5) is 11.4 Å². The second kappa shape index (κ2) is 5.13. The Morgan fingerprint density at radius 2 is 1.67 bits per heavy atom. The van der Waals surface area contributed by atoms with Gasteiger partial charge in [-0.25, -0.2) is 0 Å². The maximum atomic E-state index is 5.83. The SMILES string of the molecule is Cc1ccc(N(C)Cc2ccc(N)c(C)c2)cc1. The van der Waals surface area contributed by atoms with Gasteiger partial charge in [-0.15, -0.1) is 0 Å². The molecule has 2 aromatic carbocycles. The number of rotatable bonds is 3. The fourth-order valence-electron chi connectivity index (χ4n) is 2.00. The predicted octanol–water partition coefficient (Wildman–Crippen LogP) is 3.52. The number of nitrogens with zero attached hydrogens (tertiary/aromatic N) is 1. The van der Waals surface area contributed by atoms with Crippen molar-refractivity contribution in [1.82, 2.24) is 0 Å². The molecule has 2 aromatic rings. The summed E-state index contributed by atoms with van der Waals surface area (Å²) in [6.07, 6.45) is 0. The summed E-state index contributed by atoms with van der Waals surface area (Å²) in [5.41, 5.74) is 11.6. The molecule has 0 saturated heterocycles. The Bertz CT molecular complexity index is 529. The van der Waals surface area contributed by atoms with E-state index >= 15 is 0 Å². The zero-order valence-electron chi connectivity index (χ0n) is 11.3. The van der Waals surface area contributed by atoms with E-state index in [0.29, 0.717) is 0 Å². The summed E-state index contributed by atoms with van der Waals surface area (Å²) in [6, 6.07) is 14.8. The first-order valence-corrected chi connectivity index (χ1v) is 6.19. The third kappa shape index (κ3) is 2.83. The zero-order valence-corrected chi connectivity index (χ0v) is 11.3. The van der Waals surface area contributed by atoms with Crippen LogP contribution in [-0.4, -0.2) is 7.05 Å². The molecule has 0 aliphatic rings. The van der Waals surface area contributed by atoms with Gasteiger partial charge in [0.2, 0.25) is 0 Å². The molecule has 94 valence electrons. The van der Waals surface area contributed by atoms with Gasteiger partial charge in [-0.3, -0.25) is 0 Å². The van der Waals surface area contributed by atoms with Crippen LogP contribution in [0.5, 0.6) is 0 Å². The molecule has 0 saturated carbocycles. The lowest BCUT2D eigenvalue weighted by Gasteiger charge is -2.20. The van der Waals surface area contributed by atoms with E-state index in [0.717, 1.165) is 17.8 Å². The van der Waals surface area contributed by atoms with Crippen molar-refractivity contribution in [3.8, 4) is 0 Å². The molecule has 0 aromatic heterocycles. The van der Waals surface area contributed by atoms with Gasteiger partial charge >= 0.3 is 0 Å². The van der Waals surface area contributed by atoms with E-state index < -0.39 is 0 Å². The smallest absolute Gasteiger partial charge is 0.0426 e. The molecular weight excluding hydrogens is 220 g/mol. The number of benzene rings is 2. The van der Waals surface area contributed by atoms with Crippen molar-refractivity contribution in [3.63, 3.8) is 0 Å². The van der Waals surface area contributed by atoms with Gasteiger partial charge in [-0.05, 0) is 43.2 Å². The Hall–Kier alpha value is -1.96. The summed E-state index contributed by atoms with van der Waals surface area (Å²) in [4.78, 5) is 2.24. The largest absolute Gasteiger partial charge is 0.399 e. The van der Waals surface area contributed by atoms with E-state index in [1.165, 1.54) is 16.8 Å². The number of aryl methyl sites for hydroxylation is 2. The molecule has 2 N–H and O–H groups in total. The maximum Gasteiger partial charge on any atom is 0.0426 e. The Balaban J connectivity index is 2.13. The molecule has 0 heterocycles. The van der Waals surface area contributed by atoms with Crippen LogP contribution < -0.4 is 10.6 Å². The fourth-order valence-corrected chi connectivity index (χ4v) is 2.00. The van der Waals surface area contributed by atoms with Gasteiger partial charge < -0.3 is 10.6 Å². The van der Waals surface area contributed by atoms with Gasteiger partial charge in [0.15, 0.2) is 0 Å². The van der Waals surface area contributed by atoms with Crippen LogP contribution in [0.25, 0.3) is 0 Å². The van der Waals surface area contributed by atoms with Crippen LogP contribution in [0, 0.1) is 13.8 Å². The van der Waals surface area contributed by atoms with E-state index in [-0.39, 0.29) is 0 Å². The van der Waals surface area contributed by atoms with Gasteiger partial charge in [0.05, 0.1) is 0 Å². The summed E-state index contributed by atoms with van der Waals surface area (Å²) in [5, 5.41) is 0. The third-order valence-electron chi connectivity index (χ3n) is 3.23. The highest BCUT2D eigenvalue weighted by atomic mass is 15.1. The van der Waals surface area contributed by atoms with Gasteiger partial charge in [0.25, 0.3) is 0 Å². The molecule has 0 spiro atoms. The average molecular weight is 240 g/mol. The van der Waals surface area contributed by atoms with Crippen molar-refractivity contribution in [3.05, 3.63) is 59.2 Å². The standard InChI is InChI=1S/C16H20N2/c1-12-4-7-15(8-5-12)18(3)11-14-6-9-16(17)13(2)10-14/h4-10H,11,17H2,1-3H3. The molecule has 0 aliphatic heterocycles. The van der Waals surface area contributed by atoms with Crippen molar-refractivity contribution in [1.29, 1.82) is 0 Å². The lowest BCUT2D eigenvalue weighted by atomic mass is 10.1. The van der Waals surface area contributed by atoms with Gasteiger partial charge in [-0.2, -0.15) is 0 Å². The molecule has 0 unspecified atom stereocenters. The van der Waals surface area contributed by atoms with E-state index in [2.05, 4.69) is 55.3 Å². The molecule has 0 atom stereocenters. The monoisotopic (exact) mass is 240 g/mol. The highest BCUT2D eigenvalue weighted by molar-refractivity contribution is 5.50. The molecule has 2 heteroatoms. The first kappa shape index (κ1) is 12.5. The van der Waals surface area contributed by atoms with Crippen LogP contribution in [0.3, 0.4) is 0 Å². The van der Waals surface area contributed by atoms with Crippen LogP contribution in [0.1, 0.15) is 16.7 Å². The summed E-state index contributed by atoms with van der Waals surface area (Å²) in [6.45, 7) is 5.04. The molecule has 2 rings (SSSR count). The molecule has 0 radical (unpaired) electrons. The van der Waals surface area contributed by atoms with Crippen molar-refractivity contribution < 1.29 is 0 Å². The lowest BCUT2D eigenvalue weighted by Crippen LogP contribution is -2.16. The van der Waals surface area contributed by atoms with Crippen molar-refractivity contribution in [2.45, 2.75) is 20.4 Å². The van der Waals surface area contributed by atoms with E-state index in [4.69, 9.17) is 5.73 Å². The minimum Gasteiger partial charge on any atom is -0.399 e. The number of nitrogens with two attached hydrogens (primary N) is 1. The average Bonchev–Trinajstić information content (AvgIpc) is 2.34. The van der Waals surface area contributed by atoms with Crippen LogP contribution in [0.2, 0.25) is 0 Å². The second-order valence-electron chi connectivity index (χ2n) is 4.88. The number of hydrogen-bond acceptors (Lipinski definition) is 2. The van der Waals surface area contributed by atoms with Crippen molar-refractivity contribution in [2.24, 2.45) is 0 Å². The van der Waals surface area contributed by atoms with E-state index in [1.807, 2.05) is 13.0 Å². The van der Waals surface area contributed by atoms with Crippen molar-refractivity contribution in [2.75, 3.05) is 17.7 Å². The minimum atomic E-state index is 0.858. The zero-order chi connectivity index (χ0) is 13.1. The highest BCUT2D eigenvalue weighted by Gasteiger charge is 2.03. The molecule has 0 bridgehead atoms. The molecule has 0 fully saturated rings. The number of anilines is 2. The first-order chi connectivity index (χ1) is 8.56. The Morgan fingerprint density at radius 3 is 2.28 bits per heavy atom. The predicted molar refractivity (Wildman–Crippen MR) is 78.9 cm³/mol. The lowest BCUT2D eigenvalue weighted by molar-refractivity contribution is 0.921.